The summed E-state index contributed by atoms with van der Waals surface area (Å²) in [5, 5.41) is 6.39. The molecule has 1 amide bonds. The summed E-state index contributed by atoms with van der Waals surface area (Å²) in [6, 6.07) is 18.2. The van der Waals surface area contributed by atoms with Gasteiger partial charge in [-0.05, 0) is 30.2 Å². The summed E-state index contributed by atoms with van der Waals surface area (Å²) >= 11 is 0. The standard InChI is InChI=1S/C21H27N3O2.ClH/c1-17-13-22-11-12-24(17)15-21(25)23-14-18-7-5-6-8-19(18)16-26-20-9-3-2-4-10-20;/h2-10,17,22H,11-16H2,1H3,(H,23,25);1H/t17-;/m1./s1. The van der Waals surface area contributed by atoms with Crippen LogP contribution in [0, 0.1) is 0 Å². The molecule has 1 heterocycles. The molecule has 0 radical (unpaired) electrons. The van der Waals surface area contributed by atoms with Crippen LogP contribution in [-0.2, 0) is 17.9 Å². The zero-order valence-corrected chi connectivity index (χ0v) is 16.5. The smallest absolute Gasteiger partial charge is 0.234 e. The molecule has 1 fully saturated rings. The molecule has 2 aromatic rings. The van der Waals surface area contributed by atoms with E-state index in [1.165, 1.54) is 0 Å². The molecule has 27 heavy (non-hydrogen) atoms. The van der Waals surface area contributed by atoms with E-state index in [9.17, 15) is 4.79 Å². The lowest BCUT2D eigenvalue weighted by molar-refractivity contribution is -0.123. The van der Waals surface area contributed by atoms with Crippen molar-refractivity contribution in [1.29, 1.82) is 0 Å². The van der Waals surface area contributed by atoms with Crippen molar-refractivity contribution in [1.82, 2.24) is 15.5 Å². The van der Waals surface area contributed by atoms with E-state index in [1.54, 1.807) is 0 Å². The van der Waals surface area contributed by atoms with Crippen molar-refractivity contribution in [2.24, 2.45) is 0 Å². The van der Waals surface area contributed by atoms with Gasteiger partial charge in [-0.25, -0.2) is 0 Å². The number of halogens is 1. The van der Waals surface area contributed by atoms with Crippen molar-refractivity contribution < 1.29 is 9.53 Å². The number of rotatable bonds is 7. The van der Waals surface area contributed by atoms with Gasteiger partial charge in [-0.2, -0.15) is 0 Å². The molecule has 2 aromatic carbocycles. The minimum Gasteiger partial charge on any atom is -0.489 e. The first-order valence-corrected chi connectivity index (χ1v) is 9.18. The Morgan fingerprint density at radius 1 is 1.15 bits per heavy atom. The van der Waals surface area contributed by atoms with Gasteiger partial charge in [0.25, 0.3) is 0 Å². The number of carbonyl (C=O) groups is 1. The SMILES string of the molecule is C[C@@H]1CNCCN1CC(=O)NCc1ccccc1COc1ccccc1.Cl. The molecular weight excluding hydrogens is 362 g/mol. The Bertz CT molecular complexity index is 712. The van der Waals surface area contributed by atoms with Crippen LogP contribution in [-0.4, -0.2) is 43.0 Å². The summed E-state index contributed by atoms with van der Waals surface area (Å²) in [7, 11) is 0. The number of piperazine rings is 1. The Labute approximate surface area is 167 Å². The van der Waals surface area contributed by atoms with E-state index in [0.29, 0.717) is 25.7 Å². The minimum absolute atomic E-state index is 0. The largest absolute Gasteiger partial charge is 0.489 e. The molecular formula is C21H28ClN3O2. The topological polar surface area (TPSA) is 53.6 Å². The molecule has 6 heteroatoms. The summed E-state index contributed by atoms with van der Waals surface area (Å²) in [5.41, 5.74) is 2.18. The minimum atomic E-state index is 0. The van der Waals surface area contributed by atoms with E-state index in [4.69, 9.17) is 4.74 Å². The van der Waals surface area contributed by atoms with Gasteiger partial charge in [0.1, 0.15) is 12.4 Å². The molecule has 1 saturated heterocycles. The van der Waals surface area contributed by atoms with Crippen LogP contribution in [0.5, 0.6) is 5.75 Å². The molecule has 0 saturated carbocycles. The van der Waals surface area contributed by atoms with Crippen molar-refractivity contribution in [3.63, 3.8) is 0 Å². The van der Waals surface area contributed by atoms with Crippen molar-refractivity contribution in [2.75, 3.05) is 26.2 Å². The zero-order chi connectivity index (χ0) is 18.2. The number of benzene rings is 2. The third-order valence-corrected chi connectivity index (χ3v) is 4.72. The molecule has 1 aliphatic heterocycles. The average molecular weight is 390 g/mol. The fraction of sp³-hybridized carbons (Fsp3) is 0.381. The van der Waals surface area contributed by atoms with E-state index >= 15 is 0 Å². The number of hydrogen-bond acceptors (Lipinski definition) is 4. The predicted octanol–water partition coefficient (Wildman–Crippen LogP) is 2.60. The normalized spacial score (nSPS) is 17.0. The third kappa shape index (κ3) is 6.54. The van der Waals surface area contributed by atoms with Crippen LogP contribution in [0.3, 0.4) is 0 Å². The van der Waals surface area contributed by atoms with E-state index in [2.05, 4.69) is 22.5 Å². The highest BCUT2D eigenvalue weighted by Crippen LogP contribution is 2.14. The average Bonchev–Trinajstić information content (AvgIpc) is 2.68. The maximum Gasteiger partial charge on any atom is 0.234 e. The van der Waals surface area contributed by atoms with E-state index in [1.807, 2.05) is 54.6 Å². The van der Waals surface area contributed by atoms with Gasteiger partial charge in [0.05, 0.1) is 6.54 Å². The molecule has 1 atom stereocenters. The lowest BCUT2D eigenvalue weighted by atomic mass is 10.1. The van der Waals surface area contributed by atoms with Crippen LogP contribution in [0.1, 0.15) is 18.1 Å². The Morgan fingerprint density at radius 2 is 1.85 bits per heavy atom. The van der Waals surface area contributed by atoms with E-state index < -0.39 is 0 Å². The van der Waals surface area contributed by atoms with Crippen LogP contribution < -0.4 is 15.4 Å². The highest BCUT2D eigenvalue weighted by atomic mass is 35.5. The third-order valence-electron chi connectivity index (χ3n) is 4.72. The second-order valence-corrected chi connectivity index (χ2v) is 6.67. The monoisotopic (exact) mass is 389 g/mol. The van der Waals surface area contributed by atoms with Crippen LogP contribution >= 0.6 is 12.4 Å². The molecule has 146 valence electrons. The highest BCUT2D eigenvalue weighted by molar-refractivity contribution is 5.85. The number of nitrogens with one attached hydrogen (secondary N) is 2. The number of amides is 1. The maximum absolute atomic E-state index is 12.3. The predicted molar refractivity (Wildman–Crippen MR) is 110 cm³/mol. The van der Waals surface area contributed by atoms with Crippen molar-refractivity contribution in [3.8, 4) is 5.75 Å². The zero-order valence-electron chi connectivity index (χ0n) is 15.7. The quantitative estimate of drug-likeness (QED) is 0.764. The lowest BCUT2D eigenvalue weighted by Crippen LogP contribution is -2.52. The number of hydrogen-bond donors (Lipinski definition) is 2. The summed E-state index contributed by atoms with van der Waals surface area (Å²) in [5.74, 6) is 0.913. The molecule has 3 rings (SSSR count). The fourth-order valence-corrected chi connectivity index (χ4v) is 3.10. The maximum atomic E-state index is 12.3. The molecule has 5 nitrogen and oxygen atoms in total. The van der Waals surface area contributed by atoms with Crippen molar-refractivity contribution in [3.05, 3.63) is 65.7 Å². The summed E-state index contributed by atoms with van der Waals surface area (Å²) in [6.07, 6.45) is 0. The number of nitrogens with zero attached hydrogens (tertiary/aromatic N) is 1. The van der Waals surface area contributed by atoms with Gasteiger partial charge < -0.3 is 15.4 Å². The van der Waals surface area contributed by atoms with Crippen LogP contribution in [0.2, 0.25) is 0 Å². The van der Waals surface area contributed by atoms with Crippen LogP contribution in [0.25, 0.3) is 0 Å². The summed E-state index contributed by atoms with van der Waals surface area (Å²) < 4.78 is 5.85. The van der Waals surface area contributed by atoms with Gasteiger partial charge in [0.15, 0.2) is 0 Å². The van der Waals surface area contributed by atoms with Crippen molar-refractivity contribution in [2.45, 2.75) is 26.1 Å². The van der Waals surface area contributed by atoms with Crippen LogP contribution in [0.4, 0.5) is 0 Å². The van der Waals surface area contributed by atoms with E-state index in [-0.39, 0.29) is 18.3 Å². The lowest BCUT2D eigenvalue weighted by Gasteiger charge is -2.33. The molecule has 0 aliphatic carbocycles. The number of ether oxygens (including phenoxy) is 1. The Morgan fingerprint density at radius 3 is 2.59 bits per heavy atom. The van der Waals surface area contributed by atoms with Gasteiger partial charge in [-0.1, -0.05) is 42.5 Å². The molecule has 2 N–H and O–H groups in total. The summed E-state index contributed by atoms with van der Waals surface area (Å²) in [4.78, 5) is 14.5. The molecule has 0 unspecified atom stereocenters. The Hall–Kier alpha value is -2.08. The van der Waals surface area contributed by atoms with Crippen LogP contribution in [0.15, 0.2) is 54.6 Å². The summed E-state index contributed by atoms with van der Waals surface area (Å²) in [6.45, 7) is 6.40. The molecule has 0 aromatic heterocycles. The van der Waals surface area contributed by atoms with Gasteiger partial charge in [0, 0.05) is 32.2 Å². The van der Waals surface area contributed by atoms with Gasteiger partial charge in [-0.3, -0.25) is 9.69 Å². The van der Waals surface area contributed by atoms with Gasteiger partial charge >= 0.3 is 0 Å². The first-order chi connectivity index (χ1) is 12.7. The first kappa shape index (κ1) is 21.2. The Balaban J connectivity index is 0.00000261. The fourth-order valence-electron chi connectivity index (χ4n) is 3.10. The first-order valence-electron chi connectivity index (χ1n) is 9.18. The highest BCUT2D eigenvalue weighted by Gasteiger charge is 2.20. The molecule has 0 spiro atoms. The number of para-hydroxylation sites is 1. The second-order valence-electron chi connectivity index (χ2n) is 6.67. The molecule has 0 bridgehead atoms. The van der Waals surface area contributed by atoms with E-state index in [0.717, 1.165) is 36.5 Å². The molecule has 1 aliphatic rings. The van der Waals surface area contributed by atoms with Gasteiger partial charge in [0.2, 0.25) is 5.91 Å². The van der Waals surface area contributed by atoms with Crippen molar-refractivity contribution >= 4 is 18.3 Å². The van der Waals surface area contributed by atoms with Gasteiger partial charge in [-0.15, -0.1) is 12.4 Å². The number of carbonyl (C=O) groups excluding carboxylic acids is 1. The Kier molecular flexibility index (Phi) is 8.58. The second kappa shape index (κ2) is 10.9.